The van der Waals surface area contributed by atoms with E-state index in [1.165, 1.54) is 0 Å². The lowest BCUT2D eigenvalue weighted by molar-refractivity contribution is -0.159. The number of carbonyl (C=O) groups excluding carboxylic acids is 1. The van der Waals surface area contributed by atoms with E-state index in [1.807, 2.05) is 0 Å². The van der Waals surface area contributed by atoms with Crippen molar-refractivity contribution < 1.29 is 24.6 Å². The van der Waals surface area contributed by atoms with E-state index < -0.39 is 29.7 Å². The molecule has 5 heteroatoms. The van der Waals surface area contributed by atoms with E-state index in [0.717, 1.165) is 0 Å². The molecule has 0 radical (unpaired) electrons. The average molecular weight is 200 g/mol. The van der Waals surface area contributed by atoms with Gasteiger partial charge >= 0.3 is 11.9 Å². The van der Waals surface area contributed by atoms with Crippen molar-refractivity contribution in [2.75, 3.05) is 0 Å². The minimum absolute atomic E-state index is 0.156. The van der Waals surface area contributed by atoms with Gasteiger partial charge in [0.05, 0.1) is 11.8 Å². The molecule has 14 heavy (non-hydrogen) atoms. The standard InChI is InChI=1S/C9H12O5/c1-4-2-5(10)3-6(8(11)12)7(4)9(13)14/h4,6-7H,2-3H2,1H3,(H,11,12)(H,13,14)/t4-,6+,7-/m1/s1. The zero-order chi connectivity index (χ0) is 10.9. The number of hydrogen-bond acceptors (Lipinski definition) is 3. The molecule has 2 N–H and O–H groups in total. The molecule has 0 unspecified atom stereocenters. The Morgan fingerprint density at radius 2 is 1.79 bits per heavy atom. The van der Waals surface area contributed by atoms with Crippen molar-refractivity contribution in [3.63, 3.8) is 0 Å². The second-order valence-corrected chi connectivity index (χ2v) is 3.73. The van der Waals surface area contributed by atoms with Crippen LogP contribution in [0.3, 0.4) is 0 Å². The summed E-state index contributed by atoms with van der Waals surface area (Å²) in [6.45, 7) is 1.60. The molecule has 0 aromatic heterocycles. The fraction of sp³-hybridized carbons (Fsp3) is 0.667. The molecule has 0 bridgehead atoms. The van der Waals surface area contributed by atoms with Gasteiger partial charge in [0, 0.05) is 12.8 Å². The van der Waals surface area contributed by atoms with Crippen LogP contribution in [0, 0.1) is 17.8 Å². The summed E-state index contributed by atoms with van der Waals surface area (Å²) in [4.78, 5) is 32.7. The first-order chi connectivity index (χ1) is 6.43. The largest absolute Gasteiger partial charge is 0.481 e. The molecule has 0 saturated heterocycles. The highest BCUT2D eigenvalue weighted by Crippen LogP contribution is 2.33. The molecule has 3 atom stereocenters. The number of carbonyl (C=O) groups is 3. The molecule has 0 aromatic carbocycles. The molecule has 0 heterocycles. The van der Waals surface area contributed by atoms with E-state index in [2.05, 4.69) is 0 Å². The number of carboxylic acids is 2. The van der Waals surface area contributed by atoms with Crippen molar-refractivity contribution >= 4 is 17.7 Å². The first kappa shape index (κ1) is 10.7. The highest BCUT2D eigenvalue weighted by molar-refractivity contribution is 5.89. The zero-order valence-electron chi connectivity index (χ0n) is 7.77. The first-order valence-electron chi connectivity index (χ1n) is 4.40. The van der Waals surface area contributed by atoms with Crippen LogP contribution in [-0.4, -0.2) is 27.9 Å². The van der Waals surface area contributed by atoms with Gasteiger partial charge in [-0.05, 0) is 5.92 Å². The van der Waals surface area contributed by atoms with Crippen LogP contribution in [0.1, 0.15) is 19.8 Å². The van der Waals surface area contributed by atoms with E-state index in [0.29, 0.717) is 0 Å². The van der Waals surface area contributed by atoms with E-state index >= 15 is 0 Å². The topological polar surface area (TPSA) is 91.7 Å². The molecule has 0 aromatic rings. The van der Waals surface area contributed by atoms with Crippen molar-refractivity contribution in [2.24, 2.45) is 17.8 Å². The highest BCUT2D eigenvalue weighted by Gasteiger charge is 2.43. The van der Waals surface area contributed by atoms with Crippen molar-refractivity contribution in [3.05, 3.63) is 0 Å². The summed E-state index contributed by atoms with van der Waals surface area (Å²) < 4.78 is 0. The SMILES string of the molecule is C[C@@H]1CC(=O)C[C@H](C(=O)O)[C@@H]1C(=O)O. The molecule has 5 nitrogen and oxygen atoms in total. The summed E-state index contributed by atoms with van der Waals surface area (Å²) in [5, 5.41) is 17.6. The zero-order valence-corrected chi connectivity index (χ0v) is 7.77. The lowest BCUT2D eigenvalue weighted by atomic mass is 9.72. The average Bonchev–Trinajstić information content (AvgIpc) is 2.01. The van der Waals surface area contributed by atoms with E-state index in [4.69, 9.17) is 10.2 Å². The maximum Gasteiger partial charge on any atom is 0.307 e. The van der Waals surface area contributed by atoms with Crippen molar-refractivity contribution in [1.29, 1.82) is 0 Å². The quantitative estimate of drug-likeness (QED) is 0.672. The number of aliphatic carboxylic acids is 2. The minimum Gasteiger partial charge on any atom is -0.481 e. The van der Waals surface area contributed by atoms with Gasteiger partial charge in [0.1, 0.15) is 5.78 Å². The van der Waals surface area contributed by atoms with Gasteiger partial charge in [-0.1, -0.05) is 6.92 Å². The Kier molecular flexibility index (Phi) is 2.88. The fourth-order valence-electron chi connectivity index (χ4n) is 1.99. The number of Topliss-reactive ketones (excluding diaryl/α,β-unsaturated/α-hetero) is 1. The van der Waals surface area contributed by atoms with E-state index in [-0.39, 0.29) is 18.6 Å². The second-order valence-electron chi connectivity index (χ2n) is 3.73. The number of ketones is 1. The lowest BCUT2D eigenvalue weighted by Gasteiger charge is -2.29. The fourth-order valence-corrected chi connectivity index (χ4v) is 1.99. The smallest absolute Gasteiger partial charge is 0.307 e. The van der Waals surface area contributed by atoms with Crippen LogP contribution in [0.2, 0.25) is 0 Å². The van der Waals surface area contributed by atoms with Gasteiger partial charge in [-0.25, -0.2) is 0 Å². The van der Waals surface area contributed by atoms with Crippen molar-refractivity contribution in [1.82, 2.24) is 0 Å². The predicted molar refractivity (Wildman–Crippen MR) is 45.7 cm³/mol. The van der Waals surface area contributed by atoms with Gasteiger partial charge in [-0.3, -0.25) is 14.4 Å². The van der Waals surface area contributed by atoms with Crippen LogP contribution in [-0.2, 0) is 14.4 Å². The minimum atomic E-state index is -1.20. The molecule has 1 saturated carbocycles. The Balaban J connectivity index is 2.91. The molecule has 0 amide bonds. The van der Waals surface area contributed by atoms with Gasteiger partial charge in [0.2, 0.25) is 0 Å². The van der Waals surface area contributed by atoms with Gasteiger partial charge in [-0.2, -0.15) is 0 Å². The molecule has 0 aliphatic heterocycles. The molecule has 1 aliphatic carbocycles. The molecular weight excluding hydrogens is 188 g/mol. The Hall–Kier alpha value is -1.39. The molecule has 1 fully saturated rings. The summed E-state index contributed by atoms with van der Waals surface area (Å²) in [6, 6.07) is 0. The van der Waals surface area contributed by atoms with Gasteiger partial charge in [-0.15, -0.1) is 0 Å². The van der Waals surface area contributed by atoms with Gasteiger partial charge in [0.25, 0.3) is 0 Å². The molecule has 1 aliphatic rings. The van der Waals surface area contributed by atoms with Crippen LogP contribution in [0.15, 0.2) is 0 Å². The van der Waals surface area contributed by atoms with Crippen LogP contribution in [0.5, 0.6) is 0 Å². The predicted octanol–water partition coefficient (Wildman–Crippen LogP) is 0.387. The Bertz CT molecular complexity index is 283. The first-order valence-corrected chi connectivity index (χ1v) is 4.40. The summed E-state index contributed by atoms with van der Waals surface area (Å²) in [5.74, 6) is -4.89. The summed E-state index contributed by atoms with van der Waals surface area (Å²) >= 11 is 0. The maximum absolute atomic E-state index is 11.1. The van der Waals surface area contributed by atoms with E-state index in [9.17, 15) is 14.4 Å². The summed E-state index contributed by atoms with van der Waals surface area (Å²) in [6.07, 6.45) is 0.0113. The van der Waals surface area contributed by atoms with Crippen molar-refractivity contribution in [3.8, 4) is 0 Å². The molecule has 78 valence electrons. The Labute approximate surface area is 80.7 Å². The molecule has 1 rings (SSSR count). The Morgan fingerprint density at radius 1 is 1.21 bits per heavy atom. The monoisotopic (exact) mass is 200 g/mol. The second kappa shape index (κ2) is 3.77. The van der Waals surface area contributed by atoms with Crippen LogP contribution < -0.4 is 0 Å². The third kappa shape index (κ3) is 1.92. The van der Waals surface area contributed by atoms with Crippen LogP contribution in [0.4, 0.5) is 0 Å². The van der Waals surface area contributed by atoms with E-state index in [1.54, 1.807) is 6.92 Å². The van der Waals surface area contributed by atoms with Crippen molar-refractivity contribution in [2.45, 2.75) is 19.8 Å². The Morgan fingerprint density at radius 3 is 2.21 bits per heavy atom. The normalized spacial score (nSPS) is 32.6. The van der Waals surface area contributed by atoms with Crippen LogP contribution in [0.25, 0.3) is 0 Å². The van der Waals surface area contributed by atoms with Gasteiger partial charge in [0.15, 0.2) is 0 Å². The number of hydrogen-bond donors (Lipinski definition) is 2. The third-order valence-electron chi connectivity index (χ3n) is 2.65. The number of rotatable bonds is 2. The number of carboxylic acid groups (broad SMARTS) is 2. The van der Waals surface area contributed by atoms with Crippen LogP contribution >= 0.6 is 0 Å². The van der Waals surface area contributed by atoms with Gasteiger partial charge < -0.3 is 10.2 Å². The third-order valence-corrected chi connectivity index (χ3v) is 2.65. The summed E-state index contributed by atoms with van der Waals surface area (Å²) in [7, 11) is 0. The molecule has 0 spiro atoms. The molecular formula is C9H12O5. The summed E-state index contributed by atoms with van der Waals surface area (Å²) in [5.41, 5.74) is 0. The maximum atomic E-state index is 11.1. The lowest BCUT2D eigenvalue weighted by Crippen LogP contribution is -2.40. The highest BCUT2D eigenvalue weighted by atomic mass is 16.4.